The molecule has 1 unspecified atom stereocenters. The Kier molecular flexibility index (Phi) is 6.02. The number of nitrogens with one attached hydrogen (secondary N) is 2. The third-order valence-corrected chi connectivity index (χ3v) is 3.03. The molecule has 1 aromatic rings. The van der Waals surface area contributed by atoms with E-state index >= 15 is 0 Å². The number of carbonyl (C=O) groups excluding carboxylic acids is 1. The van der Waals surface area contributed by atoms with Gasteiger partial charge in [0.25, 0.3) is 0 Å². The summed E-state index contributed by atoms with van der Waals surface area (Å²) < 4.78 is 1.83. The van der Waals surface area contributed by atoms with E-state index in [0.717, 1.165) is 24.2 Å². The predicted molar refractivity (Wildman–Crippen MR) is 76.9 cm³/mol. The number of rotatable bonds is 7. The van der Waals surface area contributed by atoms with Crippen molar-refractivity contribution >= 4 is 5.91 Å². The normalized spacial score (nSPS) is 12.7. The van der Waals surface area contributed by atoms with Crippen LogP contribution in [0, 0.1) is 0 Å². The number of hydrogen-bond acceptors (Lipinski definition) is 3. The van der Waals surface area contributed by atoms with Crippen LogP contribution in [0.2, 0.25) is 0 Å². The van der Waals surface area contributed by atoms with Gasteiger partial charge in [-0.2, -0.15) is 5.10 Å². The number of aryl methyl sites for hydroxylation is 1. The summed E-state index contributed by atoms with van der Waals surface area (Å²) in [4.78, 5) is 11.8. The number of nitrogens with zero attached hydrogens (tertiary/aromatic N) is 2. The van der Waals surface area contributed by atoms with Crippen LogP contribution in [0.15, 0.2) is 6.20 Å². The van der Waals surface area contributed by atoms with Crippen LogP contribution >= 0.6 is 0 Å². The van der Waals surface area contributed by atoms with E-state index in [-0.39, 0.29) is 11.9 Å². The monoisotopic (exact) mass is 266 g/mol. The van der Waals surface area contributed by atoms with E-state index in [9.17, 15) is 4.79 Å². The maximum absolute atomic E-state index is 11.8. The molecule has 0 radical (unpaired) electrons. The highest BCUT2D eigenvalue weighted by Gasteiger charge is 2.15. The maximum atomic E-state index is 11.8. The average Bonchev–Trinajstić information content (AvgIpc) is 2.74. The fourth-order valence-electron chi connectivity index (χ4n) is 1.93. The Morgan fingerprint density at radius 3 is 2.68 bits per heavy atom. The molecule has 5 heteroatoms. The van der Waals surface area contributed by atoms with E-state index in [1.165, 1.54) is 0 Å². The molecule has 0 saturated heterocycles. The van der Waals surface area contributed by atoms with Crippen molar-refractivity contribution in [3.63, 3.8) is 0 Å². The van der Waals surface area contributed by atoms with Gasteiger partial charge in [-0.1, -0.05) is 20.8 Å². The molecule has 5 nitrogen and oxygen atoms in total. The zero-order valence-electron chi connectivity index (χ0n) is 12.7. The highest BCUT2D eigenvalue weighted by Crippen LogP contribution is 2.16. The van der Waals surface area contributed by atoms with Gasteiger partial charge in [0, 0.05) is 31.9 Å². The topological polar surface area (TPSA) is 59.0 Å². The van der Waals surface area contributed by atoms with E-state index in [0.29, 0.717) is 12.5 Å². The Balaban J connectivity index is 2.54. The molecular formula is C14H26N4O. The minimum Gasteiger partial charge on any atom is -0.355 e. The lowest BCUT2D eigenvalue weighted by molar-refractivity contribution is -0.122. The van der Waals surface area contributed by atoms with E-state index in [1.807, 2.05) is 31.8 Å². The quantitative estimate of drug-likeness (QED) is 0.787. The van der Waals surface area contributed by atoms with Gasteiger partial charge in [0.2, 0.25) is 5.91 Å². The van der Waals surface area contributed by atoms with Crippen LogP contribution in [0.25, 0.3) is 0 Å². The molecule has 2 N–H and O–H groups in total. The van der Waals surface area contributed by atoms with Crippen molar-refractivity contribution < 1.29 is 4.79 Å². The average molecular weight is 266 g/mol. The van der Waals surface area contributed by atoms with Gasteiger partial charge >= 0.3 is 0 Å². The van der Waals surface area contributed by atoms with Crippen molar-refractivity contribution in [3.8, 4) is 0 Å². The largest absolute Gasteiger partial charge is 0.355 e. The van der Waals surface area contributed by atoms with Crippen molar-refractivity contribution in [2.45, 2.75) is 52.6 Å². The highest BCUT2D eigenvalue weighted by atomic mass is 16.2. The predicted octanol–water partition coefficient (Wildman–Crippen LogP) is 1.55. The fourth-order valence-corrected chi connectivity index (χ4v) is 1.93. The Hall–Kier alpha value is -1.36. The summed E-state index contributed by atoms with van der Waals surface area (Å²) in [7, 11) is 1.92. The van der Waals surface area contributed by atoms with Crippen molar-refractivity contribution in [1.82, 2.24) is 20.4 Å². The molecular weight excluding hydrogens is 240 g/mol. The van der Waals surface area contributed by atoms with Crippen LogP contribution in [0.5, 0.6) is 0 Å². The Labute approximate surface area is 115 Å². The number of amides is 1. The summed E-state index contributed by atoms with van der Waals surface area (Å²) in [6.07, 6.45) is 2.97. The molecule has 108 valence electrons. The minimum absolute atomic E-state index is 0.0526. The molecule has 0 spiro atoms. The van der Waals surface area contributed by atoms with Gasteiger partial charge in [-0.05, 0) is 19.3 Å². The summed E-state index contributed by atoms with van der Waals surface area (Å²) in [6, 6.07) is -0.188. The first kappa shape index (κ1) is 15.7. The molecule has 1 heterocycles. The minimum atomic E-state index is -0.188. The standard InChI is InChI=1S/C14H26N4O/c1-6-7-15-14(19)11(4)16-8-12-9-18(5)17-13(12)10(2)3/h9-11,16H,6-8H2,1-5H3,(H,15,19). The molecule has 0 aliphatic carbocycles. The van der Waals surface area contributed by atoms with Crippen LogP contribution < -0.4 is 10.6 Å². The molecule has 0 fully saturated rings. The lowest BCUT2D eigenvalue weighted by Crippen LogP contribution is -2.42. The second-order valence-corrected chi connectivity index (χ2v) is 5.26. The lowest BCUT2D eigenvalue weighted by atomic mass is 10.1. The molecule has 0 aromatic carbocycles. The summed E-state index contributed by atoms with van der Waals surface area (Å²) in [5.41, 5.74) is 2.25. The summed E-state index contributed by atoms with van der Waals surface area (Å²) in [5.74, 6) is 0.444. The van der Waals surface area contributed by atoms with Crippen LogP contribution in [0.1, 0.15) is 51.3 Å². The SMILES string of the molecule is CCCNC(=O)C(C)NCc1cn(C)nc1C(C)C. The Morgan fingerprint density at radius 1 is 1.42 bits per heavy atom. The Morgan fingerprint density at radius 2 is 2.11 bits per heavy atom. The van der Waals surface area contributed by atoms with Gasteiger partial charge in [0.1, 0.15) is 0 Å². The van der Waals surface area contributed by atoms with Crippen molar-refractivity contribution in [2.75, 3.05) is 6.54 Å². The van der Waals surface area contributed by atoms with Crippen LogP contribution in [0.4, 0.5) is 0 Å². The number of carbonyl (C=O) groups is 1. The van der Waals surface area contributed by atoms with E-state index in [2.05, 4.69) is 29.6 Å². The van der Waals surface area contributed by atoms with Crippen LogP contribution in [0.3, 0.4) is 0 Å². The zero-order valence-corrected chi connectivity index (χ0v) is 12.7. The second-order valence-electron chi connectivity index (χ2n) is 5.26. The number of hydrogen-bond donors (Lipinski definition) is 2. The zero-order chi connectivity index (χ0) is 14.4. The molecule has 19 heavy (non-hydrogen) atoms. The summed E-state index contributed by atoms with van der Waals surface area (Å²) in [6.45, 7) is 9.59. The highest BCUT2D eigenvalue weighted by molar-refractivity contribution is 5.81. The third kappa shape index (κ3) is 4.67. The fraction of sp³-hybridized carbons (Fsp3) is 0.714. The van der Waals surface area contributed by atoms with E-state index in [4.69, 9.17) is 0 Å². The number of aromatic nitrogens is 2. The van der Waals surface area contributed by atoms with Gasteiger partial charge in [-0.3, -0.25) is 9.48 Å². The first-order valence-electron chi connectivity index (χ1n) is 6.99. The molecule has 0 aliphatic heterocycles. The third-order valence-electron chi connectivity index (χ3n) is 3.03. The van der Waals surface area contributed by atoms with Gasteiger partial charge in [0.05, 0.1) is 11.7 Å². The van der Waals surface area contributed by atoms with E-state index < -0.39 is 0 Å². The molecule has 0 saturated carbocycles. The first-order valence-corrected chi connectivity index (χ1v) is 6.99. The first-order chi connectivity index (χ1) is 8.95. The summed E-state index contributed by atoms with van der Waals surface area (Å²) in [5, 5.41) is 10.6. The second kappa shape index (κ2) is 7.28. The van der Waals surface area contributed by atoms with Gasteiger partial charge < -0.3 is 10.6 Å². The van der Waals surface area contributed by atoms with Gasteiger partial charge in [-0.25, -0.2) is 0 Å². The Bertz CT molecular complexity index is 412. The van der Waals surface area contributed by atoms with Crippen molar-refractivity contribution in [1.29, 1.82) is 0 Å². The lowest BCUT2D eigenvalue weighted by Gasteiger charge is -2.14. The van der Waals surface area contributed by atoms with Crippen molar-refractivity contribution in [3.05, 3.63) is 17.5 Å². The van der Waals surface area contributed by atoms with Crippen LogP contribution in [-0.2, 0) is 18.4 Å². The van der Waals surface area contributed by atoms with Gasteiger partial charge in [-0.15, -0.1) is 0 Å². The maximum Gasteiger partial charge on any atom is 0.236 e. The summed E-state index contributed by atoms with van der Waals surface area (Å²) >= 11 is 0. The molecule has 1 amide bonds. The molecule has 1 aromatic heterocycles. The van der Waals surface area contributed by atoms with Gasteiger partial charge in [0.15, 0.2) is 0 Å². The smallest absolute Gasteiger partial charge is 0.236 e. The van der Waals surface area contributed by atoms with Crippen LogP contribution in [-0.4, -0.2) is 28.3 Å². The molecule has 0 aliphatic rings. The molecule has 1 atom stereocenters. The molecule has 0 bridgehead atoms. The van der Waals surface area contributed by atoms with E-state index in [1.54, 1.807) is 0 Å². The van der Waals surface area contributed by atoms with Crippen molar-refractivity contribution in [2.24, 2.45) is 7.05 Å². The molecule has 1 rings (SSSR count).